The largest absolute Gasteiger partial charge is 0.480 e. The van der Waals surface area contributed by atoms with Gasteiger partial charge in [0.05, 0.1) is 10.6 Å². The van der Waals surface area contributed by atoms with E-state index in [1.54, 1.807) is 18.2 Å². The number of hydrogen-bond acceptors (Lipinski definition) is 2. The van der Waals surface area contributed by atoms with E-state index in [-0.39, 0.29) is 18.5 Å². The minimum absolute atomic E-state index is 0.0312. The fourth-order valence-electron chi connectivity index (χ4n) is 1.72. The van der Waals surface area contributed by atoms with Gasteiger partial charge in [0.15, 0.2) is 0 Å². The van der Waals surface area contributed by atoms with Crippen molar-refractivity contribution in [3.63, 3.8) is 0 Å². The van der Waals surface area contributed by atoms with Crippen molar-refractivity contribution in [1.29, 1.82) is 0 Å². The Balaban J connectivity index is 2.27. The average Bonchev–Trinajstić information content (AvgIpc) is 3.12. The molecule has 0 heterocycles. The molecule has 6 heteroatoms. The molecule has 1 N–H and O–H groups in total. The van der Waals surface area contributed by atoms with E-state index < -0.39 is 5.97 Å². The number of nitrogens with zero attached hydrogens (tertiary/aromatic N) is 1. The van der Waals surface area contributed by atoms with Gasteiger partial charge in [-0.15, -0.1) is 0 Å². The predicted molar refractivity (Wildman–Crippen MR) is 70.8 cm³/mol. The van der Waals surface area contributed by atoms with E-state index in [1.165, 1.54) is 4.90 Å². The van der Waals surface area contributed by atoms with Crippen molar-refractivity contribution in [3.8, 4) is 0 Å². The Bertz CT molecular complexity index is 502. The number of benzene rings is 1. The van der Waals surface area contributed by atoms with Crippen LogP contribution >= 0.6 is 27.5 Å². The predicted octanol–water partition coefficient (Wildman–Crippen LogP) is 2.79. The number of rotatable bonds is 4. The third-order valence-electron chi connectivity index (χ3n) is 2.74. The summed E-state index contributed by atoms with van der Waals surface area (Å²) in [6.07, 6.45) is 1.70. The zero-order chi connectivity index (χ0) is 13.3. The molecule has 0 saturated heterocycles. The second kappa shape index (κ2) is 5.28. The Labute approximate surface area is 118 Å². The molecule has 0 bridgehead atoms. The third-order valence-corrected chi connectivity index (χ3v) is 4.03. The maximum atomic E-state index is 12.3. The van der Waals surface area contributed by atoms with Crippen LogP contribution in [0.2, 0.25) is 5.02 Å². The summed E-state index contributed by atoms with van der Waals surface area (Å²) in [7, 11) is 0. The zero-order valence-electron chi connectivity index (χ0n) is 9.40. The quantitative estimate of drug-likeness (QED) is 0.922. The van der Waals surface area contributed by atoms with Crippen molar-refractivity contribution < 1.29 is 14.7 Å². The molecule has 1 amide bonds. The Morgan fingerprint density at radius 1 is 1.44 bits per heavy atom. The highest BCUT2D eigenvalue weighted by atomic mass is 79.9. The van der Waals surface area contributed by atoms with Crippen LogP contribution in [0, 0.1) is 0 Å². The van der Waals surface area contributed by atoms with Crippen LogP contribution in [0.3, 0.4) is 0 Å². The molecule has 1 aliphatic rings. The molecule has 0 atom stereocenters. The maximum absolute atomic E-state index is 12.3. The van der Waals surface area contributed by atoms with Crippen molar-refractivity contribution in [1.82, 2.24) is 4.90 Å². The van der Waals surface area contributed by atoms with Crippen LogP contribution in [0.25, 0.3) is 0 Å². The summed E-state index contributed by atoms with van der Waals surface area (Å²) >= 11 is 9.30. The van der Waals surface area contributed by atoms with Crippen molar-refractivity contribution in [3.05, 3.63) is 33.3 Å². The summed E-state index contributed by atoms with van der Waals surface area (Å²) < 4.78 is 0.626. The fourth-order valence-corrected chi connectivity index (χ4v) is 2.30. The molecular weight excluding hydrogens is 321 g/mol. The molecule has 18 heavy (non-hydrogen) atoms. The maximum Gasteiger partial charge on any atom is 0.323 e. The summed E-state index contributed by atoms with van der Waals surface area (Å²) in [4.78, 5) is 24.5. The molecule has 1 aromatic carbocycles. The van der Waals surface area contributed by atoms with E-state index >= 15 is 0 Å². The molecule has 0 aromatic heterocycles. The molecule has 96 valence electrons. The van der Waals surface area contributed by atoms with Gasteiger partial charge in [-0.05, 0) is 40.9 Å². The topological polar surface area (TPSA) is 57.6 Å². The first kappa shape index (κ1) is 13.4. The zero-order valence-corrected chi connectivity index (χ0v) is 11.7. The number of aliphatic carboxylic acids is 1. The number of carbonyl (C=O) groups excluding carboxylic acids is 1. The molecule has 0 unspecified atom stereocenters. The molecule has 0 aliphatic heterocycles. The molecule has 1 aromatic rings. The SMILES string of the molecule is O=C(O)CN(C(=O)c1cccc(Br)c1Cl)C1CC1. The summed E-state index contributed by atoms with van der Waals surface area (Å²) in [5, 5.41) is 9.16. The summed E-state index contributed by atoms with van der Waals surface area (Å²) in [6.45, 7) is -0.285. The van der Waals surface area contributed by atoms with Gasteiger partial charge >= 0.3 is 5.97 Å². The second-order valence-electron chi connectivity index (χ2n) is 4.16. The van der Waals surface area contributed by atoms with Crippen LogP contribution in [0.5, 0.6) is 0 Å². The van der Waals surface area contributed by atoms with Crippen LogP contribution < -0.4 is 0 Å². The van der Waals surface area contributed by atoms with Gasteiger partial charge in [-0.3, -0.25) is 9.59 Å². The number of halogens is 2. The normalized spacial score (nSPS) is 14.3. The highest BCUT2D eigenvalue weighted by Gasteiger charge is 2.35. The average molecular weight is 333 g/mol. The Morgan fingerprint density at radius 2 is 2.11 bits per heavy atom. The molecule has 4 nitrogen and oxygen atoms in total. The van der Waals surface area contributed by atoms with E-state index in [1.807, 2.05) is 0 Å². The van der Waals surface area contributed by atoms with Gasteiger partial charge < -0.3 is 10.0 Å². The summed E-state index contributed by atoms with van der Waals surface area (Å²) in [5.74, 6) is -1.34. The van der Waals surface area contributed by atoms with E-state index in [0.29, 0.717) is 15.1 Å². The van der Waals surface area contributed by atoms with Gasteiger partial charge in [-0.25, -0.2) is 0 Å². The first-order valence-corrected chi connectivity index (χ1v) is 6.64. The first-order chi connectivity index (χ1) is 8.50. The van der Waals surface area contributed by atoms with Gasteiger partial charge in [0.25, 0.3) is 5.91 Å². The second-order valence-corrected chi connectivity index (χ2v) is 5.39. The van der Waals surface area contributed by atoms with Crippen molar-refractivity contribution in [2.75, 3.05) is 6.54 Å². The molecule has 1 aliphatic carbocycles. The molecule has 1 saturated carbocycles. The van der Waals surface area contributed by atoms with Crippen LogP contribution in [-0.4, -0.2) is 34.5 Å². The highest BCUT2D eigenvalue weighted by Crippen LogP contribution is 2.31. The van der Waals surface area contributed by atoms with Crippen LogP contribution in [0.1, 0.15) is 23.2 Å². The van der Waals surface area contributed by atoms with Crippen LogP contribution in [-0.2, 0) is 4.79 Å². The van der Waals surface area contributed by atoms with Gasteiger partial charge in [0.1, 0.15) is 6.54 Å². The van der Waals surface area contributed by atoms with Gasteiger partial charge in [0, 0.05) is 10.5 Å². The number of carboxylic acids is 1. The third kappa shape index (κ3) is 2.84. The molecule has 2 rings (SSSR count). The molecule has 0 radical (unpaired) electrons. The Kier molecular flexibility index (Phi) is 3.92. The van der Waals surface area contributed by atoms with Crippen LogP contribution in [0.4, 0.5) is 0 Å². The lowest BCUT2D eigenvalue weighted by molar-refractivity contribution is -0.137. The minimum Gasteiger partial charge on any atom is -0.480 e. The number of carbonyl (C=O) groups is 2. The Morgan fingerprint density at radius 3 is 2.67 bits per heavy atom. The van der Waals surface area contributed by atoms with Crippen molar-refractivity contribution in [2.24, 2.45) is 0 Å². The van der Waals surface area contributed by atoms with Gasteiger partial charge in [-0.2, -0.15) is 0 Å². The Hall–Kier alpha value is -1.07. The number of amides is 1. The van der Waals surface area contributed by atoms with Gasteiger partial charge in [-0.1, -0.05) is 17.7 Å². The van der Waals surface area contributed by atoms with Crippen LogP contribution in [0.15, 0.2) is 22.7 Å². The van der Waals surface area contributed by atoms with E-state index in [9.17, 15) is 9.59 Å². The van der Waals surface area contributed by atoms with Crippen molar-refractivity contribution >= 4 is 39.4 Å². The lowest BCUT2D eigenvalue weighted by Crippen LogP contribution is -2.37. The van der Waals surface area contributed by atoms with E-state index in [4.69, 9.17) is 16.7 Å². The lowest BCUT2D eigenvalue weighted by Gasteiger charge is -2.21. The monoisotopic (exact) mass is 331 g/mol. The summed E-state index contributed by atoms with van der Waals surface area (Å²) in [6, 6.07) is 5.07. The first-order valence-electron chi connectivity index (χ1n) is 5.47. The van der Waals surface area contributed by atoms with E-state index in [2.05, 4.69) is 15.9 Å². The minimum atomic E-state index is -1.01. The summed E-state index contributed by atoms with van der Waals surface area (Å²) in [5.41, 5.74) is 0.333. The van der Waals surface area contributed by atoms with Crippen molar-refractivity contribution in [2.45, 2.75) is 18.9 Å². The standard InChI is InChI=1S/C12H11BrClNO3/c13-9-3-1-2-8(11(9)14)12(18)15(6-10(16)17)7-4-5-7/h1-3,7H,4-6H2,(H,16,17). The number of carboxylic acid groups (broad SMARTS) is 1. The van der Waals surface area contributed by atoms with Gasteiger partial charge in [0.2, 0.25) is 0 Å². The highest BCUT2D eigenvalue weighted by molar-refractivity contribution is 9.10. The smallest absolute Gasteiger partial charge is 0.323 e. The molecule has 1 fully saturated rings. The molecular formula is C12H11BrClNO3. The molecule has 0 spiro atoms. The van der Waals surface area contributed by atoms with E-state index in [0.717, 1.165) is 12.8 Å². The lowest BCUT2D eigenvalue weighted by atomic mass is 10.2. The number of hydrogen-bond donors (Lipinski definition) is 1. The fraction of sp³-hybridized carbons (Fsp3) is 0.333.